The van der Waals surface area contributed by atoms with Crippen LogP contribution < -0.4 is 5.73 Å². The minimum Gasteiger partial charge on any atom is -0.399 e. The average molecular weight is 305 g/mol. The van der Waals surface area contributed by atoms with Gasteiger partial charge in [-0.1, -0.05) is 0 Å². The number of anilines is 1. The van der Waals surface area contributed by atoms with Crippen molar-refractivity contribution < 1.29 is 8.42 Å². The number of sulfone groups is 1. The van der Waals surface area contributed by atoms with Crippen LogP contribution in [0.5, 0.6) is 0 Å². The first kappa shape index (κ1) is 13.1. The van der Waals surface area contributed by atoms with E-state index in [9.17, 15) is 8.42 Å². The zero-order valence-corrected chi connectivity index (χ0v) is 12.6. The number of imidazole rings is 1. The molecular weight excluding hydrogens is 286 g/mol. The molecule has 1 aliphatic heterocycles. The zero-order chi connectivity index (χ0) is 14.6. The lowest BCUT2D eigenvalue weighted by Crippen LogP contribution is -2.26. The molecule has 112 valence electrons. The second-order valence-electron chi connectivity index (χ2n) is 6.25. The monoisotopic (exact) mass is 305 g/mol. The van der Waals surface area contributed by atoms with E-state index >= 15 is 0 Å². The summed E-state index contributed by atoms with van der Waals surface area (Å²) in [4.78, 5) is 4.78. The molecule has 1 aromatic heterocycles. The Kier molecular flexibility index (Phi) is 2.79. The van der Waals surface area contributed by atoms with Gasteiger partial charge < -0.3 is 10.3 Å². The number of aromatic nitrogens is 2. The molecular formula is C15H19N3O2S. The number of nitrogens with zero attached hydrogens (tertiary/aromatic N) is 2. The van der Waals surface area contributed by atoms with Crippen LogP contribution in [0.4, 0.5) is 5.69 Å². The molecule has 0 spiro atoms. The first-order valence-electron chi connectivity index (χ1n) is 7.51. The van der Waals surface area contributed by atoms with Crippen molar-refractivity contribution in [2.75, 3.05) is 17.2 Å². The molecule has 1 aromatic carbocycles. The number of hydrogen-bond acceptors (Lipinski definition) is 4. The molecule has 1 aliphatic carbocycles. The minimum absolute atomic E-state index is 0.248. The van der Waals surface area contributed by atoms with Gasteiger partial charge in [-0.05, 0) is 43.9 Å². The van der Waals surface area contributed by atoms with E-state index in [1.165, 1.54) is 12.8 Å². The normalized spacial score (nSPS) is 22.7. The van der Waals surface area contributed by atoms with Crippen LogP contribution in [-0.2, 0) is 9.84 Å². The van der Waals surface area contributed by atoms with Gasteiger partial charge in [0.2, 0.25) is 0 Å². The number of hydrogen-bond donors (Lipinski definition) is 1. The van der Waals surface area contributed by atoms with Crippen LogP contribution >= 0.6 is 0 Å². The van der Waals surface area contributed by atoms with E-state index in [-0.39, 0.29) is 17.5 Å². The Hall–Kier alpha value is -1.56. The van der Waals surface area contributed by atoms with Crippen molar-refractivity contribution in [1.29, 1.82) is 0 Å². The molecule has 2 aromatic rings. The Morgan fingerprint density at radius 3 is 2.52 bits per heavy atom. The first-order chi connectivity index (χ1) is 10.0. The zero-order valence-electron chi connectivity index (χ0n) is 11.8. The Labute approximate surface area is 124 Å². The molecule has 1 saturated heterocycles. The van der Waals surface area contributed by atoms with Crippen LogP contribution in [0.25, 0.3) is 11.0 Å². The molecule has 4 rings (SSSR count). The first-order valence-corrected chi connectivity index (χ1v) is 9.33. The Morgan fingerprint density at radius 2 is 1.86 bits per heavy atom. The third-order valence-corrected chi connectivity index (χ3v) is 6.29. The van der Waals surface area contributed by atoms with E-state index in [4.69, 9.17) is 10.7 Å². The number of rotatable bonds is 2. The molecule has 0 bridgehead atoms. The maximum Gasteiger partial charge on any atom is 0.150 e. The van der Waals surface area contributed by atoms with Gasteiger partial charge in [0.25, 0.3) is 0 Å². The lowest BCUT2D eigenvalue weighted by Gasteiger charge is -2.25. The largest absolute Gasteiger partial charge is 0.399 e. The van der Waals surface area contributed by atoms with Gasteiger partial charge >= 0.3 is 0 Å². The van der Waals surface area contributed by atoms with Crippen molar-refractivity contribution in [3.8, 4) is 0 Å². The second-order valence-corrected chi connectivity index (χ2v) is 8.55. The lowest BCUT2D eigenvalue weighted by atomic mass is 10.1. The molecule has 2 N–H and O–H groups in total. The van der Waals surface area contributed by atoms with Gasteiger partial charge in [0, 0.05) is 17.6 Å². The van der Waals surface area contributed by atoms with Crippen LogP contribution in [0.3, 0.4) is 0 Å². The number of nitrogens with two attached hydrogens (primary N) is 1. The summed E-state index contributed by atoms with van der Waals surface area (Å²) in [5, 5.41) is 0. The van der Waals surface area contributed by atoms with Crippen molar-refractivity contribution in [3.05, 3.63) is 24.0 Å². The molecule has 1 saturated carbocycles. The highest BCUT2D eigenvalue weighted by Gasteiger charge is 2.34. The highest BCUT2D eigenvalue weighted by molar-refractivity contribution is 7.91. The fourth-order valence-corrected chi connectivity index (χ4v) is 4.75. The van der Waals surface area contributed by atoms with E-state index in [2.05, 4.69) is 4.57 Å². The SMILES string of the molecule is Nc1ccc2c(c1)nc(C1CC1)n2C1CCS(=O)(=O)CC1. The van der Waals surface area contributed by atoms with Crippen molar-refractivity contribution in [3.63, 3.8) is 0 Å². The second kappa shape index (κ2) is 4.47. The predicted molar refractivity (Wildman–Crippen MR) is 83.0 cm³/mol. The Bertz CT molecular complexity index is 792. The summed E-state index contributed by atoms with van der Waals surface area (Å²) in [6.45, 7) is 0. The van der Waals surface area contributed by atoms with E-state index in [1.54, 1.807) is 0 Å². The van der Waals surface area contributed by atoms with Gasteiger partial charge in [0.1, 0.15) is 15.7 Å². The summed E-state index contributed by atoms with van der Waals surface area (Å²) in [7, 11) is -2.84. The Morgan fingerprint density at radius 1 is 1.14 bits per heavy atom. The fourth-order valence-electron chi connectivity index (χ4n) is 3.28. The molecule has 5 nitrogen and oxygen atoms in total. The van der Waals surface area contributed by atoms with Crippen molar-refractivity contribution in [1.82, 2.24) is 9.55 Å². The highest BCUT2D eigenvalue weighted by Crippen LogP contribution is 2.43. The summed E-state index contributed by atoms with van der Waals surface area (Å²) >= 11 is 0. The number of benzene rings is 1. The standard InChI is InChI=1S/C15H19N3O2S/c16-11-3-4-14-13(9-11)17-15(10-1-2-10)18(14)12-5-7-21(19,20)8-6-12/h3-4,9-10,12H,1-2,5-8,16H2. The van der Waals surface area contributed by atoms with E-state index in [0.29, 0.717) is 18.8 Å². The van der Waals surface area contributed by atoms with Crippen molar-refractivity contribution >= 4 is 26.6 Å². The van der Waals surface area contributed by atoms with Gasteiger partial charge in [-0.15, -0.1) is 0 Å². The number of fused-ring (bicyclic) bond motifs is 1. The fraction of sp³-hybridized carbons (Fsp3) is 0.533. The Balaban J connectivity index is 1.81. The van der Waals surface area contributed by atoms with Gasteiger partial charge in [0.05, 0.1) is 22.5 Å². The van der Waals surface area contributed by atoms with Gasteiger partial charge in [-0.3, -0.25) is 0 Å². The van der Waals surface area contributed by atoms with Crippen LogP contribution in [-0.4, -0.2) is 29.5 Å². The molecule has 6 heteroatoms. The maximum absolute atomic E-state index is 11.7. The quantitative estimate of drug-likeness (QED) is 0.863. The van der Waals surface area contributed by atoms with E-state index < -0.39 is 9.84 Å². The van der Waals surface area contributed by atoms with Crippen LogP contribution in [0.15, 0.2) is 18.2 Å². The van der Waals surface area contributed by atoms with Crippen LogP contribution in [0.2, 0.25) is 0 Å². The molecule has 0 amide bonds. The average Bonchev–Trinajstić information content (AvgIpc) is 3.21. The lowest BCUT2D eigenvalue weighted by molar-refractivity contribution is 0.446. The van der Waals surface area contributed by atoms with Crippen molar-refractivity contribution in [2.24, 2.45) is 0 Å². The summed E-state index contributed by atoms with van der Waals surface area (Å²) in [6, 6.07) is 6.08. The summed E-state index contributed by atoms with van der Waals surface area (Å²) in [6.07, 6.45) is 3.75. The van der Waals surface area contributed by atoms with Crippen molar-refractivity contribution in [2.45, 2.75) is 37.6 Å². The van der Waals surface area contributed by atoms with Crippen LogP contribution in [0.1, 0.15) is 43.5 Å². The maximum atomic E-state index is 11.7. The molecule has 21 heavy (non-hydrogen) atoms. The summed E-state index contributed by atoms with van der Waals surface area (Å²) in [5.41, 5.74) is 8.61. The molecule has 2 fully saturated rings. The third kappa shape index (κ3) is 2.31. The van der Waals surface area contributed by atoms with E-state index in [0.717, 1.165) is 22.5 Å². The topological polar surface area (TPSA) is 78.0 Å². The van der Waals surface area contributed by atoms with E-state index in [1.807, 2.05) is 18.2 Å². The smallest absolute Gasteiger partial charge is 0.150 e. The highest BCUT2D eigenvalue weighted by atomic mass is 32.2. The van der Waals surface area contributed by atoms with Gasteiger partial charge in [-0.2, -0.15) is 0 Å². The third-order valence-electron chi connectivity index (χ3n) is 4.57. The molecule has 0 unspecified atom stereocenters. The molecule has 2 heterocycles. The number of nitrogen functional groups attached to an aromatic ring is 1. The molecule has 0 atom stereocenters. The predicted octanol–water partition coefficient (Wildman–Crippen LogP) is 2.25. The molecule has 2 aliphatic rings. The molecule has 0 radical (unpaired) electrons. The summed E-state index contributed by atoms with van der Waals surface area (Å²) in [5.74, 6) is 2.24. The van der Waals surface area contributed by atoms with Gasteiger partial charge in [-0.25, -0.2) is 13.4 Å². The van der Waals surface area contributed by atoms with Gasteiger partial charge in [0.15, 0.2) is 0 Å². The van der Waals surface area contributed by atoms with Crippen LogP contribution in [0, 0.1) is 0 Å². The summed E-state index contributed by atoms with van der Waals surface area (Å²) < 4.78 is 25.6. The minimum atomic E-state index is -2.84.